The molecule has 1 saturated heterocycles. The average Bonchev–Trinajstić information content (AvgIpc) is 2.62. The maximum absolute atomic E-state index is 5.80. The van der Waals surface area contributed by atoms with Gasteiger partial charge in [0.2, 0.25) is 0 Å². The molecule has 0 aromatic carbocycles. The summed E-state index contributed by atoms with van der Waals surface area (Å²) < 4.78 is 0.762. The van der Waals surface area contributed by atoms with E-state index in [9.17, 15) is 0 Å². The predicted octanol–water partition coefficient (Wildman–Crippen LogP) is 1.75. The predicted molar refractivity (Wildman–Crippen MR) is 62.2 cm³/mol. The Hall–Kier alpha value is 0.130. The number of thiazole rings is 1. The number of likely N-dealkylation sites (tertiary alicyclic amines) is 1. The number of hydrogen-bond donors (Lipinski definition) is 1. The first-order chi connectivity index (χ1) is 6.24. The van der Waals surface area contributed by atoms with Gasteiger partial charge in [-0.3, -0.25) is 4.90 Å². The molecule has 1 aromatic rings. The number of nitrogens with zero attached hydrogens (tertiary/aromatic N) is 2. The van der Waals surface area contributed by atoms with Gasteiger partial charge in [0.05, 0.1) is 12.7 Å². The van der Waals surface area contributed by atoms with Crippen LogP contribution in [0.15, 0.2) is 6.20 Å². The van der Waals surface area contributed by atoms with Crippen molar-refractivity contribution in [2.24, 2.45) is 5.73 Å². The third-order valence-electron chi connectivity index (χ3n) is 2.19. The lowest BCUT2D eigenvalue weighted by atomic mass is 10.3. The van der Waals surface area contributed by atoms with E-state index in [2.05, 4.69) is 9.88 Å². The smallest absolute Gasteiger partial charge is 0.113 e. The summed E-state index contributed by atoms with van der Waals surface area (Å²) >= 11 is 7.33. The van der Waals surface area contributed by atoms with Gasteiger partial charge in [0.25, 0.3) is 0 Å². The first kappa shape index (κ1) is 12.2. The highest BCUT2D eigenvalue weighted by Gasteiger charge is 2.19. The van der Waals surface area contributed by atoms with Crippen LogP contribution in [0.25, 0.3) is 0 Å². The zero-order valence-electron chi connectivity index (χ0n) is 7.65. The Morgan fingerprint density at radius 1 is 1.71 bits per heavy atom. The Labute approximate surface area is 98.7 Å². The Morgan fingerprint density at radius 2 is 2.50 bits per heavy atom. The molecule has 0 radical (unpaired) electrons. The Balaban J connectivity index is 0.000000980. The van der Waals surface area contributed by atoms with E-state index in [0.717, 1.165) is 35.4 Å². The lowest BCUT2D eigenvalue weighted by Crippen LogP contribution is -2.26. The summed E-state index contributed by atoms with van der Waals surface area (Å²) in [5, 5.41) is 1.08. The molecule has 0 unspecified atom stereocenters. The molecule has 14 heavy (non-hydrogen) atoms. The summed E-state index contributed by atoms with van der Waals surface area (Å²) in [6.07, 6.45) is 2.80. The second-order valence-corrected chi connectivity index (χ2v) is 5.09. The van der Waals surface area contributed by atoms with E-state index in [1.807, 2.05) is 0 Å². The zero-order valence-corrected chi connectivity index (χ0v) is 10.0. The summed E-state index contributed by atoms with van der Waals surface area (Å²) in [4.78, 5) is 6.53. The van der Waals surface area contributed by atoms with Crippen LogP contribution in [0.5, 0.6) is 0 Å². The number of halogens is 2. The molecule has 0 saturated carbocycles. The van der Waals surface area contributed by atoms with Crippen molar-refractivity contribution in [2.45, 2.75) is 19.0 Å². The minimum absolute atomic E-state index is 0. The number of aromatic nitrogens is 1. The van der Waals surface area contributed by atoms with Gasteiger partial charge in [-0.15, -0.1) is 23.7 Å². The molecule has 80 valence electrons. The van der Waals surface area contributed by atoms with Crippen molar-refractivity contribution in [1.29, 1.82) is 0 Å². The molecule has 2 heterocycles. The molecule has 2 N–H and O–H groups in total. The van der Waals surface area contributed by atoms with Crippen molar-refractivity contribution in [3.8, 4) is 0 Å². The van der Waals surface area contributed by atoms with E-state index in [1.54, 1.807) is 17.5 Å². The van der Waals surface area contributed by atoms with Crippen LogP contribution in [0.4, 0.5) is 0 Å². The molecule has 1 aliphatic rings. The van der Waals surface area contributed by atoms with Crippen molar-refractivity contribution >= 4 is 35.3 Å². The molecule has 0 aliphatic carbocycles. The van der Waals surface area contributed by atoms with Gasteiger partial charge < -0.3 is 5.73 Å². The standard InChI is InChI=1S/C8H12ClN3S.ClH/c9-7-3-11-8(13-7)5-12-2-1-6(10)4-12;/h3,6H,1-2,4-5,10H2;1H/t6-;/m1./s1. The summed E-state index contributed by atoms with van der Waals surface area (Å²) in [7, 11) is 0. The minimum Gasteiger partial charge on any atom is -0.326 e. The third-order valence-corrected chi connectivity index (χ3v) is 3.29. The highest BCUT2D eigenvalue weighted by Crippen LogP contribution is 2.20. The van der Waals surface area contributed by atoms with E-state index in [1.165, 1.54) is 0 Å². The van der Waals surface area contributed by atoms with Crippen molar-refractivity contribution < 1.29 is 0 Å². The second kappa shape index (κ2) is 5.28. The molecule has 2 rings (SSSR count). The molecular formula is C8H13Cl2N3S. The van der Waals surface area contributed by atoms with Gasteiger partial charge in [0.15, 0.2) is 0 Å². The topological polar surface area (TPSA) is 42.1 Å². The average molecular weight is 254 g/mol. The maximum atomic E-state index is 5.80. The summed E-state index contributed by atoms with van der Waals surface area (Å²) in [6, 6.07) is 0.343. The van der Waals surface area contributed by atoms with Crippen LogP contribution in [0.3, 0.4) is 0 Å². The third kappa shape index (κ3) is 3.07. The molecular weight excluding hydrogens is 241 g/mol. The number of hydrogen-bond acceptors (Lipinski definition) is 4. The second-order valence-electron chi connectivity index (χ2n) is 3.34. The van der Waals surface area contributed by atoms with Gasteiger partial charge in [0, 0.05) is 19.1 Å². The highest BCUT2D eigenvalue weighted by atomic mass is 35.5. The van der Waals surface area contributed by atoms with Gasteiger partial charge in [-0.1, -0.05) is 11.6 Å². The van der Waals surface area contributed by atoms with Crippen LogP contribution in [-0.2, 0) is 6.54 Å². The maximum Gasteiger partial charge on any atom is 0.113 e. The fourth-order valence-electron chi connectivity index (χ4n) is 1.56. The van der Waals surface area contributed by atoms with Crippen LogP contribution >= 0.6 is 35.3 Å². The Morgan fingerprint density at radius 3 is 3.00 bits per heavy atom. The molecule has 0 spiro atoms. The van der Waals surface area contributed by atoms with Crippen molar-refractivity contribution in [1.82, 2.24) is 9.88 Å². The van der Waals surface area contributed by atoms with Crippen LogP contribution in [0.2, 0.25) is 4.34 Å². The van der Waals surface area contributed by atoms with E-state index in [4.69, 9.17) is 17.3 Å². The first-order valence-electron chi connectivity index (χ1n) is 4.32. The molecule has 1 atom stereocenters. The van der Waals surface area contributed by atoms with E-state index in [0.29, 0.717) is 6.04 Å². The highest BCUT2D eigenvalue weighted by molar-refractivity contribution is 7.15. The largest absolute Gasteiger partial charge is 0.326 e. The fraction of sp³-hybridized carbons (Fsp3) is 0.625. The SMILES string of the molecule is Cl.N[C@@H]1CCN(Cc2ncc(Cl)s2)C1. The number of nitrogens with two attached hydrogens (primary N) is 1. The lowest BCUT2D eigenvalue weighted by molar-refractivity contribution is 0.326. The van der Waals surface area contributed by atoms with Gasteiger partial charge >= 0.3 is 0 Å². The Kier molecular flexibility index (Phi) is 4.60. The van der Waals surface area contributed by atoms with Crippen LogP contribution < -0.4 is 5.73 Å². The molecule has 3 nitrogen and oxygen atoms in total. The van der Waals surface area contributed by atoms with Gasteiger partial charge in [-0.2, -0.15) is 0 Å². The van der Waals surface area contributed by atoms with Crippen LogP contribution in [0, 0.1) is 0 Å². The monoisotopic (exact) mass is 253 g/mol. The summed E-state index contributed by atoms with van der Waals surface area (Å²) in [5.74, 6) is 0. The van der Waals surface area contributed by atoms with Gasteiger partial charge in [-0.05, 0) is 6.42 Å². The Bertz CT molecular complexity index is 292. The first-order valence-corrected chi connectivity index (χ1v) is 5.51. The molecule has 1 aliphatic heterocycles. The normalized spacial score (nSPS) is 22.3. The van der Waals surface area contributed by atoms with Crippen molar-refractivity contribution in [2.75, 3.05) is 13.1 Å². The van der Waals surface area contributed by atoms with Gasteiger partial charge in [-0.25, -0.2) is 4.98 Å². The lowest BCUT2D eigenvalue weighted by Gasteiger charge is -2.12. The van der Waals surface area contributed by atoms with E-state index >= 15 is 0 Å². The van der Waals surface area contributed by atoms with Crippen molar-refractivity contribution in [3.63, 3.8) is 0 Å². The molecule has 0 amide bonds. The van der Waals surface area contributed by atoms with E-state index in [-0.39, 0.29) is 12.4 Å². The zero-order chi connectivity index (χ0) is 9.26. The summed E-state index contributed by atoms with van der Waals surface area (Å²) in [6.45, 7) is 2.96. The molecule has 0 bridgehead atoms. The molecule has 1 fully saturated rings. The summed E-state index contributed by atoms with van der Waals surface area (Å²) in [5.41, 5.74) is 5.80. The van der Waals surface area contributed by atoms with Gasteiger partial charge in [0.1, 0.15) is 9.34 Å². The van der Waals surface area contributed by atoms with Crippen LogP contribution in [0.1, 0.15) is 11.4 Å². The van der Waals surface area contributed by atoms with Crippen LogP contribution in [-0.4, -0.2) is 29.0 Å². The number of rotatable bonds is 2. The molecule has 6 heteroatoms. The fourth-order valence-corrected chi connectivity index (χ4v) is 2.56. The quantitative estimate of drug-likeness (QED) is 0.874. The van der Waals surface area contributed by atoms with E-state index < -0.39 is 0 Å². The van der Waals surface area contributed by atoms with Crippen molar-refractivity contribution in [3.05, 3.63) is 15.5 Å². The molecule has 1 aromatic heterocycles. The minimum atomic E-state index is 0.